The Hall–Kier alpha value is -3.59. The lowest BCUT2D eigenvalue weighted by molar-refractivity contribution is 0.403. The Morgan fingerprint density at radius 1 is 0.938 bits per heavy atom. The van der Waals surface area contributed by atoms with Gasteiger partial charge in [0, 0.05) is 17.0 Å². The van der Waals surface area contributed by atoms with Crippen molar-refractivity contribution >= 4 is 21.4 Å². The highest BCUT2D eigenvalue weighted by molar-refractivity contribution is 7.92. The van der Waals surface area contributed by atoms with Gasteiger partial charge in [0.05, 0.1) is 26.1 Å². The van der Waals surface area contributed by atoms with Gasteiger partial charge < -0.3 is 9.47 Å². The van der Waals surface area contributed by atoms with Crippen molar-refractivity contribution in [2.75, 3.05) is 18.9 Å². The van der Waals surface area contributed by atoms with Crippen molar-refractivity contribution in [3.05, 3.63) is 65.6 Å². The zero-order valence-corrected chi connectivity index (χ0v) is 19.3. The molecule has 0 radical (unpaired) electrons. The summed E-state index contributed by atoms with van der Waals surface area (Å²) in [5.74, 6) is 0.650. The predicted octanol–water partition coefficient (Wildman–Crippen LogP) is 4.14. The summed E-state index contributed by atoms with van der Waals surface area (Å²) in [5, 5.41) is 4.41. The first-order chi connectivity index (χ1) is 15.2. The molecule has 8 nitrogen and oxygen atoms in total. The second kappa shape index (κ2) is 8.16. The van der Waals surface area contributed by atoms with E-state index in [1.54, 1.807) is 41.0 Å². The van der Waals surface area contributed by atoms with Crippen LogP contribution in [0.5, 0.6) is 11.5 Å². The van der Waals surface area contributed by atoms with E-state index in [4.69, 9.17) is 9.47 Å². The Labute approximate surface area is 186 Å². The SMILES string of the molecule is COc1ccc(C)cc1NS(=O)(=O)c1cc(-c2cnn3c(C)cc(C)nc23)ccc1OC. The summed E-state index contributed by atoms with van der Waals surface area (Å²) in [4.78, 5) is 4.60. The molecule has 166 valence electrons. The van der Waals surface area contributed by atoms with E-state index in [1.165, 1.54) is 14.2 Å². The molecule has 2 aromatic heterocycles. The van der Waals surface area contributed by atoms with E-state index < -0.39 is 10.0 Å². The largest absolute Gasteiger partial charge is 0.495 e. The minimum absolute atomic E-state index is 0.00443. The number of rotatable bonds is 6. The quantitative estimate of drug-likeness (QED) is 0.472. The average Bonchev–Trinajstić information content (AvgIpc) is 3.17. The highest BCUT2D eigenvalue weighted by atomic mass is 32.2. The molecule has 0 saturated heterocycles. The van der Waals surface area contributed by atoms with E-state index >= 15 is 0 Å². The van der Waals surface area contributed by atoms with E-state index in [-0.39, 0.29) is 10.6 Å². The maximum absolute atomic E-state index is 13.4. The number of ether oxygens (including phenoxy) is 2. The lowest BCUT2D eigenvalue weighted by Crippen LogP contribution is -2.15. The van der Waals surface area contributed by atoms with E-state index in [2.05, 4.69) is 14.8 Å². The summed E-state index contributed by atoms with van der Waals surface area (Å²) < 4.78 is 41.8. The molecule has 4 rings (SSSR count). The van der Waals surface area contributed by atoms with E-state index in [9.17, 15) is 8.42 Å². The van der Waals surface area contributed by atoms with Crippen LogP contribution in [0.4, 0.5) is 5.69 Å². The minimum Gasteiger partial charge on any atom is -0.495 e. The molecular formula is C23H24N4O4S. The fourth-order valence-electron chi connectivity index (χ4n) is 3.63. The number of benzene rings is 2. The topological polar surface area (TPSA) is 94.8 Å². The molecule has 2 heterocycles. The Bertz CT molecular complexity index is 1430. The fraction of sp³-hybridized carbons (Fsp3) is 0.217. The van der Waals surface area contributed by atoms with E-state index in [0.29, 0.717) is 22.6 Å². The van der Waals surface area contributed by atoms with Crippen LogP contribution in [0.25, 0.3) is 16.8 Å². The van der Waals surface area contributed by atoms with Crippen LogP contribution >= 0.6 is 0 Å². The zero-order chi connectivity index (χ0) is 23.0. The van der Waals surface area contributed by atoms with Gasteiger partial charge >= 0.3 is 0 Å². The highest BCUT2D eigenvalue weighted by Gasteiger charge is 2.23. The van der Waals surface area contributed by atoms with Crippen molar-refractivity contribution in [1.29, 1.82) is 0 Å². The van der Waals surface area contributed by atoms with Crippen LogP contribution in [0, 0.1) is 20.8 Å². The number of hydrogen-bond acceptors (Lipinski definition) is 6. The van der Waals surface area contributed by atoms with Gasteiger partial charge in [-0.15, -0.1) is 0 Å². The number of aryl methyl sites for hydroxylation is 3. The van der Waals surface area contributed by atoms with Crippen molar-refractivity contribution in [2.45, 2.75) is 25.7 Å². The second-order valence-electron chi connectivity index (χ2n) is 7.51. The third-order valence-corrected chi connectivity index (χ3v) is 6.53. The summed E-state index contributed by atoms with van der Waals surface area (Å²) >= 11 is 0. The summed E-state index contributed by atoms with van der Waals surface area (Å²) in [5.41, 5.74) is 5.08. The maximum atomic E-state index is 13.4. The fourth-order valence-corrected chi connectivity index (χ4v) is 4.89. The molecule has 0 atom stereocenters. The van der Waals surface area contributed by atoms with Crippen molar-refractivity contribution < 1.29 is 17.9 Å². The number of nitrogens with zero attached hydrogens (tertiary/aromatic N) is 3. The number of methoxy groups -OCH3 is 2. The van der Waals surface area contributed by atoms with E-state index in [0.717, 1.165) is 22.5 Å². The monoisotopic (exact) mass is 452 g/mol. The van der Waals surface area contributed by atoms with Gasteiger partial charge in [0.15, 0.2) is 5.65 Å². The molecule has 1 N–H and O–H groups in total. The third kappa shape index (κ3) is 3.87. The molecule has 0 saturated carbocycles. The highest BCUT2D eigenvalue weighted by Crippen LogP contribution is 2.34. The third-order valence-electron chi connectivity index (χ3n) is 5.14. The van der Waals surface area contributed by atoms with Gasteiger partial charge in [0.25, 0.3) is 10.0 Å². The Balaban J connectivity index is 1.84. The lowest BCUT2D eigenvalue weighted by Gasteiger charge is -2.15. The van der Waals surface area contributed by atoms with Crippen LogP contribution < -0.4 is 14.2 Å². The first kappa shape index (κ1) is 21.6. The predicted molar refractivity (Wildman–Crippen MR) is 123 cm³/mol. The van der Waals surface area contributed by atoms with Gasteiger partial charge in [-0.05, 0) is 62.2 Å². The Morgan fingerprint density at radius 3 is 2.38 bits per heavy atom. The van der Waals surface area contributed by atoms with Crippen LogP contribution in [0.3, 0.4) is 0 Å². The van der Waals surface area contributed by atoms with Crippen LogP contribution in [0.15, 0.2) is 53.6 Å². The van der Waals surface area contributed by atoms with Gasteiger partial charge in [0.1, 0.15) is 16.4 Å². The molecule has 32 heavy (non-hydrogen) atoms. The normalized spacial score (nSPS) is 11.5. The molecule has 9 heteroatoms. The smallest absolute Gasteiger partial charge is 0.265 e. The van der Waals surface area contributed by atoms with Crippen LogP contribution in [0.1, 0.15) is 17.0 Å². The van der Waals surface area contributed by atoms with Crippen molar-refractivity contribution in [2.24, 2.45) is 0 Å². The molecular weight excluding hydrogens is 428 g/mol. The Kier molecular flexibility index (Phi) is 5.52. The molecule has 0 unspecified atom stereocenters. The number of aromatic nitrogens is 3. The molecule has 0 aliphatic rings. The first-order valence-electron chi connectivity index (χ1n) is 9.91. The van der Waals surface area contributed by atoms with Gasteiger partial charge in [-0.2, -0.15) is 5.10 Å². The average molecular weight is 453 g/mol. The minimum atomic E-state index is -3.99. The van der Waals surface area contributed by atoms with Gasteiger partial charge in [-0.3, -0.25) is 4.72 Å². The molecule has 0 spiro atoms. The van der Waals surface area contributed by atoms with Gasteiger partial charge in [0.2, 0.25) is 0 Å². The number of fused-ring (bicyclic) bond motifs is 1. The van der Waals surface area contributed by atoms with Crippen molar-refractivity contribution in [1.82, 2.24) is 14.6 Å². The molecule has 0 fully saturated rings. The van der Waals surface area contributed by atoms with Crippen molar-refractivity contribution in [3.8, 4) is 22.6 Å². The molecule has 0 amide bonds. The summed E-state index contributed by atoms with van der Waals surface area (Å²) in [7, 11) is -1.06. The van der Waals surface area contributed by atoms with Crippen LogP contribution in [-0.2, 0) is 10.0 Å². The number of hydrogen-bond donors (Lipinski definition) is 1. The maximum Gasteiger partial charge on any atom is 0.265 e. The molecule has 4 aromatic rings. The van der Waals surface area contributed by atoms with Crippen LogP contribution in [-0.4, -0.2) is 37.2 Å². The molecule has 2 aromatic carbocycles. The zero-order valence-electron chi connectivity index (χ0n) is 18.5. The van der Waals surface area contributed by atoms with Gasteiger partial charge in [-0.1, -0.05) is 12.1 Å². The number of nitrogens with one attached hydrogen (secondary N) is 1. The number of anilines is 1. The second-order valence-corrected chi connectivity index (χ2v) is 9.16. The summed E-state index contributed by atoms with van der Waals surface area (Å²) in [6.45, 7) is 5.73. The lowest BCUT2D eigenvalue weighted by atomic mass is 10.1. The molecule has 0 aliphatic carbocycles. The molecule has 0 aliphatic heterocycles. The first-order valence-corrected chi connectivity index (χ1v) is 11.4. The summed E-state index contributed by atoms with van der Waals surface area (Å²) in [6.07, 6.45) is 1.68. The molecule has 0 bridgehead atoms. The van der Waals surface area contributed by atoms with Crippen molar-refractivity contribution in [3.63, 3.8) is 0 Å². The Morgan fingerprint density at radius 2 is 1.66 bits per heavy atom. The standard InChI is InChI=1S/C23H24N4O4S/c1-14-6-8-20(30-4)19(10-14)26-32(28,29)22-12-17(7-9-21(22)31-5)18-13-24-27-16(3)11-15(2)25-23(18)27/h6-13,26H,1-5H3. The van der Waals surface area contributed by atoms with Gasteiger partial charge in [-0.25, -0.2) is 17.9 Å². The van der Waals surface area contributed by atoms with Crippen LogP contribution in [0.2, 0.25) is 0 Å². The number of sulfonamides is 1. The summed E-state index contributed by atoms with van der Waals surface area (Å²) in [6, 6.07) is 12.2. The van der Waals surface area contributed by atoms with E-state index in [1.807, 2.05) is 32.9 Å².